The molecule has 0 saturated heterocycles. The van der Waals surface area contributed by atoms with Crippen LogP contribution in [0.2, 0.25) is 0 Å². The van der Waals surface area contributed by atoms with Crippen LogP contribution in [-0.2, 0) is 24.3 Å². The highest BCUT2D eigenvalue weighted by molar-refractivity contribution is 7.89. The second kappa shape index (κ2) is 11.3. The minimum Gasteiger partial charge on any atom is -0.497 e. The lowest BCUT2D eigenvalue weighted by Crippen LogP contribution is -2.37. The Morgan fingerprint density at radius 3 is 2.42 bits per heavy atom. The van der Waals surface area contributed by atoms with Crippen LogP contribution in [0, 0.1) is 0 Å². The number of carboxylic acid groups (broad SMARTS) is 1. The molecule has 0 saturated carbocycles. The Balaban J connectivity index is 1.67. The molecule has 1 aliphatic heterocycles. The molecule has 9 nitrogen and oxygen atoms in total. The standard InChI is InChI=1S/C23H27NO8S/c1-30-19-7-9-20(10-8-19)33(28,29)24(11-13-25)12-14-31-22-16-18(15-21(32-22)23(26)27)17-5-3-2-4-6-17/h2-10,15,18,22,25H,11-14,16H2,1H3,(H,26,27). The third kappa shape index (κ3) is 6.32. The number of aliphatic hydroxyl groups excluding tert-OH is 1. The van der Waals surface area contributed by atoms with Crippen molar-refractivity contribution in [2.45, 2.75) is 23.5 Å². The van der Waals surface area contributed by atoms with Crippen molar-refractivity contribution in [2.75, 3.05) is 33.4 Å². The van der Waals surface area contributed by atoms with Crippen molar-refractivity contribution in [3.63, 3.8) is 0 Å². The van der Waals surface area contributed by atoms with Gasteiger partial charge in [-0.2, -0.15) is 4.31 Å². The van der Waals surface area contributed by atoms with Crippen LogP contribution >= 0.6 is 0 Å². The summed E-state index contributed by atoms with van der Waals surface area (Å²) in [6.45, 7) is -0.571. The second-order valence-electron chi connectivity index (χ2n) is 7.31. The molecule has 1 heterocycles. The number of aliphatic hydroxyl groups is 1. The first-order valence-corrected chi connectivity index (χ1v) is 11.8. The number of hydrogen-bond acceptors (Lipinski definition) is 7. The first kappa shape index (κ1) is 24.7. The molecular weight excluding hydrogens is 450 g/mol. The van der Waals surface area contributed by atoms with E-state index in [-0.39, 0.29) is 42.9 Å². The van der Waals surface area contributed by atoms with Crippen LogP contribution in [0.5, 0.6) is 5.75 Å². The van der Waals surface area contributed by atoms with Crippen LogP contribution in [0.25, 0.3) is 0 Å². The minimum absolute atomic E-state index is 0.0447. The molecule has 2 aromatic rings. The summed E-state index contributed by atoms with van der Waals surface area (Å²) in [5.41, 5.74) is 0.928. The summed E-state index contributed by atoms with van der Waals surface area (Å²) < 4.78 is 43.3. The number of carbonyl (C=O) groups is 1. The van der Waals surface area contributed by atoms with Gasteiger partial charge in [-0.1, -0.05) is 30.3 Å². The molecule has 3 rings (SSSR count). The summed E-state index contributed by atoms with van der Waals surface area (Å²) >= 11 is 0. The fraction of sp³-hybridized carbons (Fsp3) is 0.348. The van der Waals surface area contributed by atoms with Crippen molar-refractivity contribution in [2.24, 2.45) is 0 Å². The summed E-state index contributed by atoms with van der Waals surface area (Å²) in [6.07, 6.45) is 1.07. The molecule has 2 atom stereocenters. The molecule has 33 heavy (non-hydrogen) atoms. The van der Waals surface area contributed by atoms with Crippen LogP contribution < -0.4 is 4.74 Å². The molecule has 0 radical (unpaired) electrons. The molecular formula is C23H27NO8S. The fourth-order valence-corrected chi connectivity index (χ4v) is 4.90. The van der Waals surface area contributed by atoms with Gasteiger partial charge < -0.3 is 24.4 Å². The van der Waals surface area contributed by atoms with Gasteiger partial charge in [-0.25, -0.2) is 13.2 Å². The van der Waals surface area contributed by atoms with E-state index in [1.807, 2.05) is 30.3 Å². The molecule has 2 N–H and O–H groups in total. The zero-order valence-electron chi connectivity index (χ0n) is 18.2. The van der Waals surface area contributed by atoms with Crippen LogP contribution in [0.15, 0.2) is 71.3 Å². The number of benzene rings is 2. The monoisotopic (exact) mass is 477 g/mol. The highest BCUT2D eigenvalue weighted by Gasteiger charge is 2.29. The van der Waals surface area contributed by atoms with Crippen molar-refractivity contribution in [3.05, 3.63) is 72.0 Å². The van der Waals surface area contributed by atoms with Gasteiger partial charge in [-0.15, -0.1) is 0 Å². The number of hydrogen-bond donors (Lipinski definition) is 2. The van der Waals surface area contributed by atoms with Gasteiger partial charge in [0.25, 0.3) is 0 Å². The Bertz CT molecular complexity index is 1050. The van der Waals surface area contributed by atoms with Crippen molar-refractivity contribution in [3.8, 4) is 5.75 Å². The normalized spacial score (nSPS) is 18.5. The lowest BCUT2D eigenvalue weighted by atomic mass is 9.93. The number of carboxylic acids is 1. The number of nitrogens with zero attached hydrogens (tertiary/aromatic N) is 1. The third-order valence-corrected chi connectivity index (χ3v) is 7.10. The van der Waals surface area contributed by atoms with Gasteiger partial charge in [0.05, 0.1) is 25.2 Å². The molecule has 0 spiro atoms. The average Bonchev–Trinajstić information content (AvgIpc) is 2.83. The largest absolute Gasteiger partial charge is 0.497 e. The summed E-state index contributed by atoms with van der Waals surface area (Å²) in [5, 5.41) is 18.8. The minimum atomic E-state index is -3.88. The van der Waals surface area contributed by atoms with E-state index in [1.165, 1.54) is 19.2 Å². The SMILES string of the molecule is COc1ccc(S(=O)(=O)N(CCO)CCOC2CC(c3ccccc3)C=C(C(=O)O)O2)cc1. The van der Waals surface area contributed by atoms with Gasteiger partial charge in [-0.05, 0) is 35.9 Å². The average molecular weight is 478 g/mol. The zero-order chi connectivity index (χ0) is 23.8. The fourth-order valence-electron chi connectivity index (χ4n) is 3.49. The summed E-state index contributed by atoms with van der Waals surface area (Å²) in [5.74, 6) is -1.10. The molecule has 0 amide bonds. The summed E-state index contributed by atoms with van der Waals surface area (Å²) in [6, 6.07) is 15.3. The lowest BCUT2D eigenvalue weighted by molar-refractivity contribution is -0.157. The van der Waals surface area contributed by atoms with Crippen molar-refractivity contribution in [1.82, 2.24) is 4.31 Å². The molecule has 0 aliphatic carbocycles. The Labute approximate surface area is 192 Å². The molecule has 2 unspecified atom stereocenters. The predicted molar refractivity (Wildman–Crippen MR) is 119 cm³/mol. The maximum atomic E-state index is 13.0. The Hall–Kier alpha value is -2.92. The number of aliphatic carboxylic acids is 1. The summed E-state index contributed by atoms with van der Waals surface area (Å²) in [7, 11) is -2.39. The van der Waals surface area contributed by atoms with Gasteiger partial charge in [0.15, 0.2) is 0 Å². The number of allylic oxidation sites excluding steroid dienone is 1. The van der Waals surface area contributed by atoms with E-state index in [0.717, 1.165) is 9.87 Å². The molecule has 10 heteroatoms. The summed E-state index contributed by atoms with van der Waals surface area (Å²) in [4.78, 5) is 11.6. The molecule has 178 valence electrons. The highest BCUT2D eigenvalue weighted by Crippen LogP contribution is 2.31. The van der Waals surface area contributed by atoms with Gasteiger partial charge in [0.2, 0.25) is 22.1 Å². The quantitative estimate of drug-likeness (QED) is 0.505. The maximum Gasteiger partial charge on any atom is 0.370 e. The van der Waals surface area contributed by atoms with Crippen LogP contribution in [0.4, 0.5) is 0 Å². The number of rotatable bonds is 11. The Morgan fingerprint density at radius 1 is 1.12 bits per heavy atom. The predicted octanol–water partition coefficient (Wildman–Crippen LogP) is 2.19. The topological polar surface area (TPSA) is 123 Å². The smallest absolute Gasteiger partial charge is 0.370 e. The number of ether oxygens (including phenoxy) is 3. The first-order chi connectivity index (χ1) is 15.8. The first-order valence-electron chi connectivity index (χ1n) is 10.4. The highest BCUT2D eigenvalue weighted by atomic mass is 32.2. The lowest BCUT2D eigenvalue weighted by Gasteiger charge is -2.29. The Kier molecular flexibility index (Phi) is 8.45. The van der Waals surface area contributed by atoms with Crippen molar-refractivity contribution in [1.29, 1.82) is 0 Å². The molecule has 2 aromatic carbocycles. The van der Waals surface area contributed by atoms with E-state index in [1.54, 1.807) is 18.2 Å². The van der Waals surface area contributed by atoms with Gasteiger partial charge in [0.1, 0.15) is 5.75 Å². The number of methoxy groups -OCH3 is 1. The zero-order valence-corrected chi connectivity index (χ0v) is 19.0. The van der Waals surface area contributed by atoms with Gasteiger partial charge >= 0.3 is 5.97 Å². The van der Waals surface area contributed by atoms with Crippen LogP contribution in [-0.4, -0.2) is 68.6 Å². The van der Waals surface area contributed by atoms with E-state index >= 15 is 0 Å². The maximum absolute atomic E-state index is 13.0. The third-order valence-electron chi connectivity index (χ3n) is 5.19. The van der Waals surface area contributed by atoms with E-state index < -0.39 is 22.3 Å². The van der Waals surface area contributed by atoms with E-state index in [0.29, 0.717) is 12.2 Å². The van der Waals surface area contributed by atoms with E-state index in [4.69, 9.17) is 14.2 Å². The van der Waals surface area contributed by atoms with Crippen LogP contribution in [0.1, 0.15) is 17.9 Å². The Morgan fingerprint density at radius 2 is 1.82 bits per heavy atom. The van der Waals surface area contributed by atoms with Crippen molar-refractivity contribution >= 4 is 16.0 Å². The molecule has 1 aliphatic rings. The molecule has 0 aromatic heterocycles. The second-order valence-corrected chi connectivity index (χ2v) is 9.25. The van der Waals surface area contributed by atoms with Crippen LogP contribution in [0.3, 0.4) is 0 Å². The van der Waals surface area contributed by atoms with E-state index in [9.17, 15) is 23.4 Å². The van der Waals surface area contributed by atoms with Gasteiger partial charge in [0, 0.05) is 25.4 Å². The van der Waals surface area contributed by atoms with Crippen molar-refractivity contribution < 1.29 is 37.6 Å². The molecule has 0 fully saturated rings. The van der Waals surface area contributed by atoms with E-state index in [2.05, 4.69) is 0 Å². The molecule has 0 bridgehead atoms. The number of sulfonamides is 1. The van der Waals surface area contributed by atoms with Gasteiger partial charge in [-0.3, -0.25) is 0 Å².